The number of halogens is 2. The minimum atomic E-state index is -0.706. The molecule has 1 N–H and O–H groups in total. The first-order valence-corrected chi connectivity index (χ1v) is 13.5. The summed E-state index contributed by atoms with van der Waals surface area (Å²) >= 11 is 6.73. The number of fused-ring (bicyclic) bond motifs is 5. The lowest BCUT2D eigenvalue weighted by atomic mass is 10.0. The molecule has 1 aromatic carbocycles. The van der Waals surface area contributed by atoms with Crippen molar-refractivity contribution in [2.75, 3.05) is 6.54 Å². The average molecular weight is 573 g/mol. The predicted molar refractivity (Wildman–Crippen MR) is 155 cm³/mol. The summed E-state index contributed by atoms with van der Waals surface area (Å²) < 4.78 is 18.4. The lowest BCUT2D eigenvalue weighted by molar-refractivity contribution is -0.127. The standard InChI is InChI=1S/C30H26ClFN6O3/c1-5-22(40)36-11-12-37-21(14-36)34-26-28(37)17-13-18(31)25(23-19(32)7-6-8-20(23)39)35-29(17)38(30(26)41)27-16(4)9-10-33-24(27)15(2)3/h5-10,13,15,39H,1,11-12,14H2,2-4H3. The highest BCUT2D eigenvalue weighted by Gasteiger charge is 2.29. The van der Waals surface area contributed by atoms with Gasteiger partial charge < -0.3 is 14.6 Å². The van der Waals surface area contributed by atoms with E-state index in [4.69, 9.17) is 21.6 Å². The van der Waals surface area contributed by atoms with E-state index < -0.39 is 11.4 Å². The molecule has 1 aliphatic rings. The van der Waals surface area contributed by atoms with Crippen molar-refractivity contribution in [3.8, 4) is 22.7 Å². The Kier molecular flexibility index (Phi) is 6.37. The highest BCUT2D eigenvalue weighted by Crippen LogP contribution is 2.39. The van der Waals surface area contributed by atoms with Crippen LogP contribution in [0.5, 0.6) is 5.75 Å². The molecule has 0 aliphatic carbocycles. The van der Waals surface area contributed by atoms with Crippen LogP contribution in [0.4, 0.5) is 4.39 Å². The summed E-state index contributed by atoms with van der Waals surface area (Å²) in [6, 6.07) is 7.37. The van der Waals surface area contributed by atoms with Gasteiger partial charge in [0.25, 0.3) is 5.56 Å². The molecule has 1 amide bonds. The van der Waals surface area contributed by atoms with Crippen LogP contribution in [0.1, 0.15) is 36.8 Å². The van der Waals surface area contributed by atoms with E-state index >= 15 is 4.39 Å². The Bertz CT molecular complexity index is 1960. The number of phenolic OH excluding ortho intramolecular Hbond substituents is 1. The van der Waals surface area contributed by atoms with E-state index in [9.17, 15) is 14.7 Å². The summed E-state index contributed by atoms with van der Waals surface area (Å²) in [5.74, 6) is -0.766. The number of phenols is 1. The second-order valence-electron chi connectivity index (χ2n) is 10.3. The molecule has 0 radical (unpaired) electrons. The molecule has 5 aromatic rings. The molecule has 0 atom stereocenters. The van der Waals surface area contributed by atoms with Crippen molar-refractivity contribution >= 4 is 39.6 Å². The van der Waals surface area contributed by atoms with Crippen LogP contribution in [-0.4, -0.2) is 46.5 Å². The predicted octanol–water partition coefficient (Wildman–Crippen LogP) is 5.26. The van der Waals surface area contributed by atoms with Crippen LogP contribution in [0.3, 0.4) is 0 Å². The van der Waals surface area contributed by atoms with Crippen molar-refractivity contribution in [1.82, 2.24) is 29.0 Å². The third-order valence-electron chi connectivity index (χ3n) is 7.44. The van der Waals surface area contributed by atoms with Gasteiger partial charge in [-0.25, -0.2) is 14.4 Å². The topological polar surface area (TPSA) is 106 Å². The van der Waals surface area contributed by atoms with Crippen LogP contribution in [-0.2, 0) is 17.9 Å². The van der Waals surface area contributed by atoms with Gasteiger partial charge in [0.2, 0.25) is 5.91 Å². The Morgan fingerprint density at radius 1 is 1.22 bits per heavy atom. The van der Waals surface area contributed by atoms with Crippen molar-refractivity contribution in [2.45, 2.75) is 39.8 Å². The number of rotatable bonds is 4. The molecular weight excluding hydrogens is 547 g/mol. The maximum absolute atomic E-state index is 15.0. The number of imidazole rings is 1. The maximum atomic E-state index is 15.0. The zero-order valence-electron chi connectivity index (χ0n) is 22.7. The lowest BCUT2D eigenvalue weighted by Crippen LogP contribution is -2.37. The van der Waals surface area contributed by atoms with Crippen LogP contribution < -0.4 is 5.56 Å². The largest absolute Gasteiger partial charge is 0.507 e. The number of hydrogen-bond acceptors (Lipinski definition) is 6. The van der Waals surface area contributed by atoms with Crippen molar-refractivity contribution in [1.29, 1.82) is 0 Å². The van der Waals surface area contributed by atoms with Crippen molar-refractivity contribution < 1.29 is 14.3 Å². The second-order valence-corrected chi connectivity index (χ2v) is 10.7. The van der Waals surface area contributed by atoms with E-state index in [0.29, 0.717) is 41.2 Å². The van der Waals surface area contributed by atoms with Gasteiger partial charge in [-0.1, -0.05) is 38.1 Å². The number of pyridine rings is 3. The molecule has 6 rings (SSSR count). The SMILES string of the molecule is C=CC(=O)N1CCn2c(nc3c(=O)n(-c4c(C)ccnc4C(C)C)c4nc(-c5c(O)cccc5F)c(Cl)cc4c32)C1. The van der Waals surface area contributed by atoms with Gasteiger partial charge in [0.15, 0.2) is 11.2 Å². The number of hydrogen-bond donors (Lipinski definition) is 1. The monoisotopic (exact) mass is 572 g/mol. The Balaban J connectivity index is 1.78. The second kappa shape index (κ2) is 9.81. The minimum Gasteiger partial charge on any atom is -0.507 e. The molecule has 208 valence electrons. The first-order chi connectivity index (χ1) is 19.6. The molecule has 9 nitrogen and oxygen atoms in total. The molecule has 0 saturated heterocycles. The van der Waals surface area contributed by atoms with Gasteiger partial charge >= 0.3 is 0 Å². The first-order valence-electron chi connectivity index (χ1n) is 13.1. The molecule has 4 aromatic heterocycles. The zero-order chi connectivity index (χ0) is 29.2. The molecular formula is C30H26ClFN6O3. The van der Waals surface area contributed by atoms with Gasteiger partial charge in [0, 0.05) is 24.7 Å². The third-order valence-corrected chi connectivity index (χ3v) is 7.73. The van der Waals surface area contributed by atoms with E-state index in [0.717, 1.165) is 5.56 Å². The lowest BCUT2D eigenvalue weighted by Gasteiger charge is -2.27. The number of aryl methyl sites for hydroxylation is 1. The third kappa shape index (κ3) is 4.09. The summed E-state index contributed by atoms with van der Waals surface area (Å²) in [7, 11) is 0. The van der Waals surface area contributed by atoms with E-state index in [1.165, 1.54) is 28.8 Å². The summed E-state index contributed by atoms with van der Waals surface area (Å²) in [5.41, 5.74) is 2.33. The Morgan fingerprint density at radius 3 is 2.71 bits per heavy atom. The van der Waals surface area contributed by atoms with Crippen molar-refractivity contribution in [3.63, 3.8) is 0 Å². The number of carbonyl (C=O) groups excluding carboxylic acids is 1. The summed E-state index contributed by atoms with van der Waals surface area (Å²) in [6.07, 6.45) is 2.94. The normalized spacial score (nSPS) is 13.3. The molecule has 11 heteroatoms. The van der Waals surface area contributed by atoms with Gasteiger partial charge in [-0.3, -0.25) is 19.1 Å². The highest BCUT2D eigenvalue weighted by atomic mass is 35.5. The van der Waals surface area contributed by atoms with Gasteiger partial charge in [0.1, 0.15) is 17.4 Å². The summed E-state index contributed by atoms with van der Waals surface area (Å²) in [5, 5.41) is 11.2. The maximum Gasteiger partial charge on any atom is 0.284 e. The summed E-state index contributed by atoms with van der Waals surface area (Å²) in [4.78, 5) is 42.4. The molecule has 0 bridgehead atoms. The van der Waals surface area contributed by atoms with Crippen molar-refractivity contribution in [2.24, 2.45) is 0 Å². The Hall–Kier alpha value is -4.57. The molecule has 5 heterocycles. The molecule has 1 aliphatic heterocycles. The molecule has 0 fully saturated rings. The fourth-order valence-electron chi connectivity index (χ4n) is 5.51. The smallest absolute Gasteiger partial charge is 0.284 e. The first kappa shape index (κ1) is 26.6. The highest BCUT2D eigenvalue weighted by molar-refractivity contribution is 6.34. The summed E-state index contributed by atoms with van der Waals surface area (Å²) in [6.45, 7) is 10.4. The van der Waals surface area contributed by atoms with Gasteiger partial charge in [-0.2, -0.15) is 0 Å². The van der Waals surface area contributed by atoms with Crippen LogP contribution >= 0.6 is 11.6 Å². The minimum absolute atomic E-state index is 0.00366. The van der Waals surface area contributed by atoms with Crippen LogP contribution in [0.25, 0.3) is 39.0 Å². The number of amides is 1. The Morgan fingerprint density at radius 2 is 2.00 bits per heavy atom. The number of aromatic hydroxyl groups is 1. The van der Waals surface area contributed by atoms with E-state index in [-0.39, 0.29) is 51.6 Å². The van der Waals surface area contributed by atoms with Gasteiger partial charge in [0.05, 0.1) is 39.7 Å². The quantitative estimate of drug-likeness (QED) is 0.295. The van der Waals surface area contributed by atoms with E-state index in [1.54, 1.807) is 23.2 Å². The van der Waals surface area contributed by atoms with Crippen LogP contribution in [0.15, 0.2) is 54.0 Å². The number of aromatic nitrogens is 5. The fourth-order valence-corrected chi connectivity index (χ4v) is 5.76. The van der Waals surface area contributed by atoms with E-state index in [2.05, 4.69) is 11.6 Å². The van der Waals surface area contributed by atoms with Crippen molar-refractivity contribution in [3.05, 3.63) is 87.5 Å². The number of carbonyl (C=O) groups is 1. The Labute approximate surface area is 239 Å². The van der Waals surface area contributed by atoms with Crippen LogP contribution in [0.2, 0.25) is 5.02 Å². The molecule has 0 saturated carbocycles. The molecule has 41 heavy (non-hydrogen) atoms. The van der Waals surface area contributed by atoms with Gasteiger partial charge in [-0.05, 0) is 48.7 Å². The number of nitrogens with zero attached hydrogens (tertiary/aromatic N) is 6. The van der Waals surface area contributed by atoms with E-state index in [1.807, 2.05) is 25.3 Å². The molecule has 0 spiro atoms. The van der Waals surface area contributed by atoms with Gasteiger partial charge in [-0.15, -0.1) is 0 Å². The fraction of sp³-hybridized carbons (Fsp3) is 0.233. The zero-order valence-corrected chi connectivity index (χ0v) is 23.4. The number of benzene rings is 1. The van der Waals surface area contributed by atoms with Crippen LogP contribution in [0, 0.1) is 12.7 Å². The molecule has 0 unspecified atom stereocenters. The average Bonchev–Trinajstić information content (AvgIpc) is 3.33.